The summed E-state index contributed by atoms with van der Waals surface area (Å²) in [5.74, 6) is 0.910. The van der Waals surface area contributed by atoms with Gasteiger partial charge in [0.1, 0.15) is 18.6 Å². The fourth-order valence-electron chi connectivity index (χ4n) is 2.41. The third kappa shape index (κ3) is 9.55. The van der Waals surface area contributed by atoms with Crippen LogP contribution in [0.4, 0.5) is 5.69 Å². The Morgan fingerprint density at radius 2 is 1.72 bits per heavy atom. The average molecular weight is 344 g/mol. The van der Waals surface area contributed by atoms with Crippen LogP contribution in [-0.2, 0) is 4.79 Å². The molecule has 0 N–H and O–H groups in total. The molecule has 1 aliphatic heterocycles. The van der Waals surface area contributed by atoms with Crippen LogP contribution >= 0.6 is 0 Å². The van der Waals surface area contributed by atoms with E-state index in [4.69, 9.17) is 9.53 Å². The molecule has 1 fully saturated rings. The molecular formula is C22H33NO2. The topological polar surface area (TPSA) is 29.5 Å². The van der Waals surface area contributed by atoms with Crippen molar-refractivity contribution in [2.45, 2.75) is 40.5 Å². The lowest BCUT2D eigenvalue weighted by Gasteiger charge is -2.17. The minimum absolute atomic E-state index is 0.569. The Labute approximate surface area is 153 Å². The fraction of sp³-hybridized carbons (Fsp3) is 0.409. The number of benzene rings is 1. The van der Waals surface area contributed by atoms with E-state index in [9.17, 15) is 0 Å². The summed E-state index contributed by atoms with van der Waals surface area (Å²) in [7, 11) is 0. The van der Waals surface area contributed by atoms with Gasteiger partial charge in [0.25, 0.3) is 0 Å². The molecule has 1 aromatic carbocycles. The fourth-order valence-corrected chi connectivity index (χ4v) is 2.41. The molecule has 0 amide bonds. The van der Waals surface area contributed by atoms with Gasteiger partial charge in [0.15, 0.2) is 0 Å². The smallest absolute Gasteiger partial charge is 0.119 e. The van der Waals surface area contributed by atoms with Crippen LogP contribution in [0, 0.1) is 0 Å². The summed E-state index contributed by atoms with van der Waals surface area (Å²) in [6.45, 7) is 14.1. The molecule has 0 aromatic heterocycles. The highest BCUT2D eigenvalue weighted by molar-refractivity contribution is 5.49. The van der Waals surface area contributed by atoms with Crippen LogP contribution in [0.2, 0.25) is 0 Å². The molecule has 0 bridgehead atoms. The van der Waals surface area contributed by atoms with Crippen LogP contribution in [-0.4, -0.2) is 26.0 Å². The molecule has 0 unspecified atom stereocenters. The summed E-state index contributed by atoms with van der Waals surface area (Å²) in [6.07, 6.45) is 11.2. The highest BCUT2D eigenvalue weighted by Crippen LogP contribution is 2.23. The lowest BCUT2D eigenvalue weighted by molar-refractivity contribution is -0.106. The van der Waals surface area contributed by atoms with E-state index in [1.54, 1.807) is 6.08 Å². The second-order valence-corrected chi connectivity index (χ2v) is 5.19. The number of rotatable bonds is 6. The van der Waals surface area contributed by atoms with Gasteiger partial charge in [-0.15, -0.1) is 0 Å². The number of carbonyl (C=O) groups excluding carboxylic acids is 1. The minimum atomic E-state index is 0.569. The molecule has 2 rings (SSSR count). The molecule has 0 saturated carbocycles. The maximum absolute atomic E-state index is 8.81. The van der Waals surface area contributed by atoms with Crippen LogP contribution in [0.15, 0.2) is 60.7 Å². The SMILES string of the molecule is C=C/C=C(\C=C/C)COc1ccc(N2CCCC2)cc1.CC.CC=O. The van der Waals surface area contributed by atoms with Crippen molar-refractivity contribution in [1.29, 1.82) is 0 Å². The second kappa shape index (κ2) is 15.3. The van der Waals surface area contributed by atoms with E-state index >= 15 is 0 Å². The largest absolute Gasteiger partial charge is 0.489 e. The Morgan fingerprint density at radius 1 is 1.16 bits per heavy atom. The molecule has 0 radical (unpaired) electrons. The highest BCUT2D eigenvalue weighted by atomic mass is 16.5. The van der Waals surface area contributed by atoms with Crippen molar-refractivity contribution >= 4 is 12.0 Å². The number of ether oxygens (including phenoxy) is 1. The highest BCUT2D eigenvalue weighted by Gasteiger charge is 2.11. The van der Waals surface area contributed by atoms with E-state index in [0.717, 1.165) is 17.6 Å². The summed E-state index contributed by atoms with van der Waals surface area (Å²) in [5, 5.41) is 0. The van der Waals surface area contributed by atoms with Gasteiger partial charge in [0.2, 0.25) is 0 Å². The van der Waals surface area contributed by atoms with E-state index in [0.29, 0.717) is 6.61 Å². The number of nitrogens with zero attached hydrogens (tertiary/aromatic N) is 1. The zero-order valence-electron chi connectivity index (χ0n) is 16.2. The van der Waals surface area contributed by atoms with Gasteiger partial charge in [-0.25, -0.2) is 0 Å². The van der Waals surface area contributed by atoms with Gasteiger partial charge in [0.05, 0.1) is 0 Å². The summed E-state index contributed by atoms with van der Waals surface area (Å²) in [5.41, 5.74) is 2.41. The van der Waals surface area contributed by atoms with Gasteiger partial charge in [-0.3, -0.25) is 0 Å². The molecule has 0 aliphatic carbocycles. The zero-order chi connectivity index (χ0) is 18.9. The molecule has 0 atom stereocenters. The lowest BCUT2D eigenvalue weighted by Crippen LogP contribution is -2.17. The molecule has 1 aliphatic rings. The first kappa shape index (κ1) is 22.7. The maximum atomic E-state index is 8.81. The van der Waals surface area contributed by atoms with Gasteiger partial charge in [0, 0.05) is 18.8 Å². The van der Waals surface area contributed by atoms with E-state index in [1.165, 1.54) is 38.5 Å². The summed E-state index contributed by atoms with van der Waals surface area (Å²) in [6, 6.07) is 8.39. The van der Waals surface area contributed by atoms with Crippen molar-refractivity contribution in [2.24, 2.45) is 0 Å². The number of hydrogen-bond acceptors (Lipinski definition) is 3. The molecule has 1 heterocycles. The molecule has 1 saturated heterocycles. The predicted molar refractivity (Wildman–Crippen MR) is 110 cm³/mol. The second-order valence-electron chi connectivity index (χ2n) is 5.19. The van der Waals surface area contributed by atoms with Crippen LogP contribution in [0.3, 0.4) is 0 Å². The molecule has 25 heavy (non-hydrogen) atoms. The van der Waals surface area contributed by atoms with Crippen molar-refractivity contribution in [3.63, 3.8) is 0 Å². The summed E-state index contributed by atoms with van der Waals surface area (Å²) >= 11 is 0. The van der Waals surface area contributed by atoms with Gasteiger partial charge >= 0.3 is 0 Å². The van der Waals surface area contributed by atoms with Crippen molar-refractivity contribution in [3.05, 3.63) is 60.7 Å². The van der Waals surface area contributed by atoms with E-state index in [1.807, 2.05) is 39.0 Å². The number of allylic oxidation sites excluding steroid dienone is 3. The third-order valence-corrected chi connectivity index (χ3v) is 3.43. The van der Waals surface area contributed by atoms with Crippen LogP contribution in [0.1, 0.15) is 40.5 Å². The first-order valence-corrected chi connectivity index (χ1v) is 9.07. The van der Waals surface area contributed by atoms with Crippen molar-refractivity contribution in [2.75, 3.05) is 24.6 Å². The van der Waals surface area contributed by atoms with Crippen molar-refractivity contribution < 1.29 is 9.53 Å². The van der Waals surface area contributed by atoms with Crippen LogP contribution < -0.4 is 9.64 Å². The average Bonchev–Trinajstić information content (AvgIpc) is 3.18. The molecule has 3 heteroatoms. The number of aldehydes is 1. The molecule has 138 valence electrons. The minimum Gasteiger partial charge on any atom is -0.489 e. The number of anilines is 1. The Kier molecular flexibility index (Phi) is 13.9. The van der Waals surface area contributed by atoms with Crippen LogP contribution in [0.5, 0.6) is 5.75 Å². The Morgan fingerprint density at radius 3 is 2.20 bits per heavy atom. The quantitative estimate of drug-likeness (QED) is 0.498. The Balaban J connectivity index is 0.00000104. The maximum Gasteiger partial charge on any atom is 0.119 e. The van der Waals surface area contributed by atoms with Crippen molar-refractivity contribution in [3.8, 4) is 5.75 Å². The number of carbonyl (C=O) groups is 1. The molecule has 0 spiro atoms. The Bertz CT molecular complexity index is 523. The van der Waals surface area contributed by atoms with Gasteiger partial charge in [-0.2, -0.15) is 0 Å². The van der Waals surface area contributed by atoms with E-state index in [-0.39, 0.29) is 0 Å². The van der Waals surface area contributed by atoms with Gasteiger partial charge in [-0.1, -0.05) is 44.7 Å². The van der Waals surface area contributed by atoms with E-state index in [2.05, 4.69) is 35.7 Å². The molecular weight excluding hydrogens is 310 g/mol. The predicted octanol–water partition coefficient (Wildman–Crippen LogP) is 5.59. The summed E-state index contributed by atoms with van der Waals surface area (Å²) in [4.78, 5) is 11.2. The molecule has 1 aromatic rings. The lowest BCUT2D eigenvalue weighted by atomic mass is 10.2. The number of hydrogen-bond donors (Lipinski definition) is 0. The van der Waals surface area contributed by atoms with E-state index < -0.39 is 0 Å². The third-order valence-electron chi connectivity index (χ3n) is 3.43. The first-order valence-electron chi connectivity index (χ1n) is 9.07. The van der Waals surface area contributed by atoms with Gasteiger partial charge in [-0.05, 0) is 56.5 Å². The molecule has 3 nitrogen and oxygen atoms in total. The Hall–Kier alpha value is -2.29. The standard InChI is InChI=1S/C18H23NO.C2H4O.C2H6/c1-3-7-16(8-4-2)15-20-18-11-9-17(10-12-18)19-13-5-6-14-19;1-2-3;1-2/h3-4,7-12H,1,5-6,13-15H2,2H3;2H,1H3;1-2H3/b8-4-,16-7+;;. The normalized spacial score (nSPS) is 13.4. The summed E-state index contributed by atoms with van der Waals surface area (Å²) < 4.78 is 5.81. The van der Waals surface area contributed by atoms with Gasteiger partial charge < -0.3 is 14.4 Å². The monoisotopic (exact) mass is 343 g/mol. The first-order chi connectivity index (χ1) is 12.2. The van der Waals surface area contributed by atoms with Crippen molar-refractivity contribution in [1.82, 2.24) is 0 Å². The van der Waals surface area contributed by atoms with Crippen LogP contribution in [0.25, 0.3) is 0 Å². The zero-order valence-corrected chi connectivity index (χ0v) is 16.2.